The Labute approximate surface area is 100.0 Å². The van der Waals surface area contributed by atoms with Gasteiger partial charge in [0.1, 0.15) is 0 Å². The van der Waals surface area contributed by atoms with Gasteiger partial charge in [-0.05, 0) is 26.9 Å². The summed E-state index contributed by atoms with van der Waals surface area (Å²) in [6.45, 7) is 8.35. The molecule has 4 heteroatoms. The average Bonchev–Trinajstić information content (AvgIpc) is 2.26. The molecule has 16 heavy (non-hydrogen) atoms. The lowest BCUT2D eigenvalue weighted by molar-refractivity contribution is -0.132. The number of likely N-dealkylation sites (N-methyl/N-ethyl adjacent to an activating group) is 2. The lowest BCUT2D eigenvalue weighted by atomic mass is 10.3. The molecule has 96 valence electrons. The van der Waals surface area contributed by atoms with Crippen LogP contribution in [0.2, 0.25) is 0 Å². The SMILES string of the molecule is CCCN(CCC)C(=O)CN(C)CCNC. The number of hydrogen-bond acceptors (Lipinski definition) is 3. The van der Waals surface area contributed by atoms with Gasteiger partial charge in [0.15, 0.2) is 0 Å². The van der Waals surface area contributed by atoms with Crippen molar-refractivity contribution in [2.24, 2.45) is 0 Å². The van der Waals surface area contributed by atoms with Crippen LogP contribution in [0.1, 0.15) is 26.7 Å². The fourth-order valence-corrected chi connectivity index (χ4v) is 1.61. The Hall–Kier alpha value is -0.610. The number of nitrogens with one attached hydrogen (secondary N) is 1. The van der Waals surface area contributed by atoms with Crippen molar-refractivity contribution in [2.45, 2.75) is 26.7 Å². The Bertz CT molecular complexity index is 179. The largest absolute Gasteiger partial charge is 0.342 e. The number of amides is 1. The predicted octanol–water partition coefficient (Wildman–Crippen LogP) is 0.786. The average molecular weight is 229 g/mol. The Morgan fingerprint density at radius 3 is 2.12 bits per heavy atom. The molecule has 0 aliphatic carbocycles. The molecule has 4 nitrogen and oxygen atoms in total. The first-order valence-corrected chi connectivity index (χ1v) is 6.26. The summed E-state index contributed by atoms with van der Waals surface area (Å²) in [5.74, 6) is 0.252. The normalized spacial score (nSPS) is 10.8. The maximum Gasteiger partial charge on any atom is 0.236 e. The summed E-state index contributed by atoms with van der Waals surface area (Å²) in [7, 11) is 3.92. The molecule has 0 aromatic rings. The fourth-order valence-electron chi connectivity index (χ4n) is 1.61. The van der Waals surface area contributed by atoms with Crippen molar-refractivity contribution in [1.82, 2.24) is 15.1 Å². The molecule has 0 spiro atoms. The molecule has 0 aromatic heterocycles. The van der Waals surface area contributed by atoms with Crippen LogP contribution in [-0.2, 0) is 4.79 Å². The van der Waals surface area contributed by atoms with E-state index in [1.807, 2.05) is 19.0 Å². The minimum absolute atomic E-state index is 0.252. The summed E-state index contributed by atoms with van der Waals surface area (Å²) in [6.07, 6.45) is 2.07. The monoisotopic (exact) mass is 229 g/mol. The highest BCUT2D eigenvalue weighted by Crippen LogP contribution is 1.96. The van der Waals surface area contributed by atoms with Crippen molar-refractivity contribution in [2.75, 3.05) is 46.8 Å². The predicted molar refractivity (Wildman–Crippen MR) is 68.6 cm³/mol. The second-order valence-corrected chi connectivity index (χ2v) is 4.22. The van der Waals surface area contributed by atoms with Crippen molar-refractivity contribution in [1.29, 1.82) is 0 Å². The number of nitrogens with zero attached hydrogens (tertiary/aromatic N) is 2. The highest BCUT2D eigenvalue weighted by Gasteiger charge is 2.13. The van der Waals surface area contributed by atoms with Gasteiger partial charge in [0.2, 0.25) is 5.91 Å². The van der Waals surface area contributed by atoms with Crippen molar-refractivity contribution in [3.63, 3.8) is 0 Å². The lowest BCUT2D eigenvalue weighted by Crippen LogP contribution is -2.41. The maximum atomic E-state index is 12.0. The zero-order chi connectivity index (χ0) is 12.4. The highest BCUT2D eigenvalue weighted by atomic mass is 16.2. The van der Waals surface area contributed by atoms with E-state index in [2.05, 4.69) is 24.1 Å². The van der Waals surface area contributed by atoms with E-state index in [9.17, 15) is 4.79 Å². The van der Waals surface area contributed by atoms with Crippen molar-refractivity contribution < 1.29 is 4.79 Å². The summed E-state index contributed by atoms with van der Waals surface area (Å²) < 4.78 is 0. The van der Waals surface area contributed by atoms with Gasteiger partial charge in [-0.25, -0.2) is 0 Å². The van der Waals surface area contributed by atoms with Crippen LogP contribution in [0.4, 0.5) is 0 Å². The molecule has 1 amide bonds. The molecule has 0 bridgehead atoms. The van der Waals surface area contributed by atoms with Gasteiger partial charge in [-0.2, -0.15) is 0 Å². The van der Waals surface area contributed by atoms with Crippen LogP contribution in [0.15, 0.2) is 0 Å². The van der Waals surface area contributed by atoms with Gasteiger partial charge in [-0.1, -0.05) is 13.8 Å². The zero-order valence-corrected chi connectivity index (χ0v) is 11.3. The molecule has 0 unspecified atom stereocenters. The maximum absolute atomic E-state index is 12.0. The van der Waals surface area contributed by atoms with E-state index in [0.717, 1.165) is 39.0 Å². The van der Waals surface area contributed by atoms with Gasteiger partial charge in [-0.3, -0.25) is 9.69 Å². The van der Waals surface area contributed by atoms with Gasteiger partial charge in [-0.15, -0.1) is 0 Å². The van der Waals surface area contributed by atoms with Gasteiger partial charge in [0.05, 0.1) is 6.54 Å². The van der Waals surface area contributed by atoms with Crippen LogP contribution >= 0.6 is 0 Å². The molecule has 1 N–H and O–H groups in total. The quantitative estimate of drug-likeness (QED) is 0.635. The molecule has 0 fully saturated rings. The fraction of sp³-hybridized carbons (Fsp3) is 0.917. The topological polar surface area (TPSA) is 35.6 Å². The number of rotatable bonds is 9. The second kappa shape index (κ2) is 9.60. The minimum Gasteiger partial charge on any atom is -0.342 e. The van der Waals surface area contributed by atoms with Crippen molar-refractivity contribution >= 4 is 5.91 Å². The lowest BCUT2D eigenvalue weighted by Gasteiger charge is -2.24. The number of hydrogen-bond donors (Lipinski definition) is 1. The first kappa shape index (κ1) is 15.4. The highest BCUT2D eigenvalue weighted by molar-refractivity contribution is 5.78. The number of carbonyl (C=O) groups is 1. The smallest absolute Gasteiger partial charge is 0.236 e. The van der Waals surface area contributed by atoms with E-state index in [0.29, 0.717) is 6.54 Å². The van der Waals surface area contributed by atoms with Crippen LogP contribution in [0.25, 0.3) is 0 Å². The van der Waals surface area contributed by atoms with E-state index < -0.39 is 0 Å². The molecule has 0 rings (SSSR count). The van der Waals surface area contributed by atoms with Gasteiger partial charge in [0.25, 0.3) is 0 Å². The van der Waals surface area contributed by atoms with Gasteiger partial charge < -0.3 is 10.2 Å². The summed E-state index contributed by atoms with van der Waals surface area (Å²) in [5.41, 5.74) is 0. The van der Waals surface area contributed by atoms with Gasteiger partial charge >= 0.3 is 0 Å². The van der Waals surface area contributed by atoms with Crippen molar-refractivity contribution in [3.05, 3.63) is 0 Å². The van der Waals surface area contributed by atoms with Crippen LogP contribution in [0, 0.1) is 0 Å². The van der Waals surface area contributed by atoms with Crippen LogP contribution in [0.3, 0.4) is 0 Å². The van der Waals surface area contributed by atoms with Crippen LogP contribution in [0.5, 0.6) is 0 Å². The molecule has 0 aliphatic heterocycles. The summed E-state index contributed by atoms with van der Waals surface area (Å²) >= 11 is 0. The zero-order valence-electron chi connectivity index (χ0n) is 11.3. The molecular weight excluding hydrogens is 202 g/mol. The molecular formula is C12H27N3O. The molecule has 0 saturated heterocycles. The molecule has 0 atom stereocenters. The molecule has 0 radical (unpaired) electrons. The third-order valence-corrected chi connectivity index (χ3v) is 2.49. The van der Waals surface area contributed by atoms with E-state index in [1.165, 1.54) is 0 Å². The first-order chi connectivity index (χ1) is 7.65. The molecule has 0 aliphatic rings. The molecule has 0 aromatic carbocycles. The third-order valence-electron chi connectivity index (χ3n) is 2.49. The summed E-state index contributed by atoms with van der Waals surface area (Å²) in [5, 5.41) is 3.08. The van der Waals surface area contributed by atoms with E-state index >= 15 is 0 Å². The Balaban J connectivity index is 3.97. The van der Waals surface area contributed by atoms with Crippen LogP contribution < -0.4 is 5.32 Å². The van der Waals surface area contributed by atoms with Crippen molar-refractivity contribution in [3.8, 4) is 0 Å². The van der Waals surface area contributed by atoms with E-state index in [4.69, 9.17) is 0 Å². The van der Waals surface area contributed by atoms with E-state index in [1.54, 1.807) is 0 Å². The minimum atomic E-state index is 0.252. The summed E-state index contributed by atoms with van der Waals surface area (Å²) in [6, 6.07) is 0. The first-order valence-electron chi connectivity index (χ1n) is 6.26. The number of carbonyl (C=O) groups excluding carboxylic acids is 1. The Morgan fingerprint density at radius 1 is 1.12 bits per heavy atom. The second-order valence-electron chi connectivity index (χ2n) is 4.22. The standard InChI is InChI=1S/C12H27N3O/c1-5-8-15(9-6-2)12(16)11-14(4)10-7-13-3/h13H,5-11H2,1-4H3. The Morgan fingerprint density at radius 2 is 1.69 bits per heavy atom. The molecule has 0 heterocycles. The van der Waals surface area contributed by atoms with Crippen LogP contribution in [-0.4, -0.2) is 62.5 Å². The summed E-state index contributed by atoms with van der Waals surface area (Å²) in [4.78, 5) is 16.0. The van der Waals surface area contributed by atoms with E-state index in [-0.39, 0.29) is 5.91 Å². The molecule has 0 saturated carbocycles. The third kappa shape index (κ3) is 6.80. The Kier molecular flexibility index (Phi) is 9.24. The van der Waals surface area contributed by atoms with Gasteiger partial charge in [0, 0.05) is 26.2 Å².